The second kappa shape index (κ2) is 9.13. The standard InChI is InChI=1S/C19H17F6N7O/c1-9(10(2)33)27-16-30-15(12-4-3-5-13(29-12)18(20,21)22)31-17(32-16)28-11-6-7-26-14(8-11)19(23,24)25/h3-10,33H,1-2H3,(H2,26,27,28,30,31,32). The number of hydrogen-bond acceptors (Lipinski definition) is 8. The quantitative estimate of drug-likeness (QED) is 0.455. The Morgan fingerprint density at radius 2 is 1.52 bits per heavy atom. The van der Waals surface area contributed by atoms with E-state index in [4.69, 9.17) is 0 Å². The van der Waals surface area contributed by atoms with Crippen LogP contribution < -0.4 is 10.6 Å². The summed E-state index contributed by atoms with van der Waals surface area (Å²) in [5.74, 6) is -0.678. The summed E-state index contributed by atoms with van der Waals surface area (Å²) in [7, 11) is 0. The predicted octanol–water partition coefficient (Wildman–Crippen LogP) is 4.29. The van der Waals surface area contributed by atoms with Gasteiger partial charge >= 0.3 is 12.4 Å². The molecule has 3 heterocycles. The Labute approximate surface area is 183 Å². The van der Waals surface area contributed by atoms with Gasteiger partial charge in [-0.3, -0.25) is 4.98 Å². The predicted molar refractivity (Wildman–Crippen MR) is 105 cm³/mol. The molecule has 0 aliphatic rings. The van der Waals surface area contributed by atoms with E-state index in [0.29, 0.717) is 0 Å². The van der Waals surface area contributed by atoms with Crippen LogP contribution in [-0.2, 0) is 12.4 Å². The average Bonchev–Trinajstić information content (AvgIpc) is 2.72. The molecule has 3 aromatic heterocycles. The Hall–Kier alpha value is -3.55. The van der Waals surface area contributed by atoms with Crippen molar-refractivity contribution in [2.45, 2.75) is 38.3 Å². The maximum absolute atomic E-state index is 13.1. The summed E-state index contributed by atoms with van der Waals surface area (Å²) in [4.78, 5) is 18.8. The van der Waals surface area contributed by atoms with E-state index in [0.717, 1.165) is 24.4 Å². The van der Waals surface area contributed by atoms with E-state index in [-0.39, 0.29) is 29.1 Å². The summed E-state index contributed by atoms with van der Waals surface area (Å²) in [6.45, 7) is 3.09. The first-order valence-electron chi connectivity index (χ1n) is 9.38. The summed E-state index contributed by atoms with van der Waals surface area (Å²) >= 11 is 0. The second-order valence-corrected chi connectivity index (χ2v) is 6.94. The van der Waals surface area contributed by atoms with Gasteiger partial charge in [0.1, 0.15) is 17.1 Å². The maximum Gasteiger partial charge on any atom is 0.433 e. The van der Waals surface area contributed by atoms with E-state index in [2.05, 4.69) is 35.6 Å². The molecule has 2 unspecified atom stereocenters. The summed E-state index contributed by atoms with van der Waals surface area (Å²) in [5.41, 5.74) is -2.65. The lowest BCUT2D eigenvalue weighted by Gasteiger charge is -2.17. The molecule has 0 saturated carbocycles. The van der Waals surface area contributed by atoms with Crippen LogP contribution in [0.25, 0.3) is 11.5 Å². The van der Waals surface area contributed by atoms with Gasteiger partial charge in [0.15, 0.2) is 5.82 Å². The molecule has 0 aliphatic carbocycles. The van der Waals surface area contributed by atoms with Crippen LogP contribution in [-0.4, -0.2) is 42.2 Å². The molecule has 0 fully saturated rings. The van der Waals surface area contributed by atoms with Gasteiger partial charge in [-0.25, -0.2) is 4.98 Å². The highest BCUT2D eigenvalue weighted by Crippen LogP contribution is 2.31. The Morgan fingerprint density at radius 1 is 0.848 bits per heavy atom. The number of aromatic nitrogens is 5. The molecule has 0 aliphatic heterocycles. The minimum absolute atomic E-state index is 0.0685. The van der Waals surface area contributed by atoms with Crippen molar-refractivity contribution >= 4 is 17.6 Å². The SMILES string of the molecule is CC(O)C(C)Nc1nc(Nc2ccnc(C(F)(F)F)c2)nc(-c2cccc(C(F)(F)F)n2)n1. The van der Waals surface area contributed by atoms with Crippen LogP contribution in [0.3, 0.4) is 0 Å². The maximum atomic E-state index is 13.1. The molecule has 14 heteroatoms. The van der Waals surface area contributed by atoms with Crippen molar-refractivity contribution < 1.29 is 31.4 Å². The lowest BCUT2D eigenvalue weighted by molar-refractivity contribution is -0.141. The van der Waals surface area contributed by atoms with E-state index in [1.54, 1.807) is 6.92 Å². The molecule has 0 radical (unpaired) electrons. The molecule has 2 atom stereocenters. The van der Waals surface area contributed by atoms with E-state index < -0.39 is 35.9 Å². The smallest absolute Gasteiger partial charge is 0.391 e. The number of pyridine rings is 2. The Balaban J connectivity index is 2.04. The number of rotatable bonds is 6. The fourth-order valence-corrected chi connectivity index (χ4v) is 2.44. The highest BCUT2D eigenvalue weighted by Gasteiger charge is 2.33. The zero-order valence-corrected chi connectivity index (χ0v) is 17.1. The lowest BCUT2D eigenvalue weighted by Crippen LogP contribution is -2.29. The van der Waals surface area contributed by atoms with Crippen molar-refractivity contribution in [3.8, 4) is 11.5 Å². The molecule has 0 amide bonds. The van der Waals surface area contributed by atoms with Gasteiger partial charge in [-0.1, -0.05) is 6.07 Å². The van der Waals surface area contributed by atoms with Crippen molar-refractivity contribution in [1.82, 2.24) is 24.9 Å². The molecule has 8 nitrogen and oxygen atoms in total. The summed E-state index contributed by atoms with van der Waals surface area (Å²) in [6, 6.07) is 4.51. The molecule has 0 saturated heterocycles. The number of nitrogens with one attached hydrogen (secondary N) is 2. The molecule has 3 N–H and O–H groups in total. The molecule has 0 aromatic carbocycles. The third-order valence-electron chi connectivity index (χ3n) is 4.29. The lowest BCUT2D eigenvalue weighted by atomic mass is 10.2. The Kier molecular flexibility index (Phi) is 6.67. The number of nitrogens with zero attached hydrogens (tertiary/aromatic N) is 5. The number of aliphatic hydroxyl groups is 1. The summed E-state index contributed by atoms with van der Waals surface area (Å²) in [5, 5.41) is 15.0. The van der Waals surface area contributed by atoms with Crippen LogP contribution >= 0.6 is 0 Å². The fourth-order valence-electron chi connectivity index (χ4n) is 2.44. The first-order valence-corrected chi connectivity index (χ1v) is 9.38. The monoisotopic (exact) mass is 473 g/mol. The van der Waals surface area contributed by atoms with Gasteiger partial charge in [-0.15, -0.1) is 0 Å². The van der Waals surface area contributed by atoms with E-state index in [9.17, 15) is 31.4 Å². The number of halogens is 6. The van der Waals surface area contributed by atoms with Crippen LogP contribution in [0.1, 0.15) is 25.2 Å². The van der Waals surface area contributed by atoms with Gasteiger partial charge in [0, 0.05) is 11.9 Å². The fraction of sp³-hybridized carbons (Fsp3) is 0.316. The number of hydrogen-bond donors (Lipinski definition) is 3. The first kappa shape index (κ1) is 24.1. The summed E-state index contributed by atoms with van der Waals surface area (Å²) < 4.78 is 78.0. The Bertz CT molecular complexity index is 1120. The molecule has 0 bridgehead atoms. The van der Waals surface area contributed by atoms with Gasteiger partial charge in [0.05, 0.1) is 12.1 Å². The normalized spacial score (nSPS) is 14.0. The molecule has 33 heavy (non-hydrogen) atoms. The highest BCUT2D eigenvalue weighted by atomic mass is 19.4. The number of alkyl halides is 6. The summed E-state index contributed by atoms with van der Waals surface area (Å²) in [6.07, 6.45) is -9.32. The average molecular weight is 473 g/mol. The van der Waals surface area contributed by atoms with E-state index >= 15 is 0 Å². The van der Waals surface area contributed by atoms with Crippen LogP contribution in [0.5, 0.6) is 0 Å². The third kappa shape index (κ3) is 6.25. The van der Waals surface area contributed by atoms with Crippen LogP contribution in [0.4, 0.5) is 43.9 Å². The van der Waals surface area contributed by atoms with Gasteiger partial charge in [0.25, 0.3) is 0 Å². The van der Waals surface area contributed by atoms with Crippen molar-refractivity contribution in [3.05, 3.63) is 47.9 Å². The minimum atomic E-state index is -4.71. The number of aliphatic hydroxyl groups excluding tert-OH is 1. The van der Waals surface area contributed by atoms with E-state index in [1.165, 1.54) is 19.1 Å². The van der Waals surface area contributed by atoms with Crippen LogP contribution in [0, 0.1) is 0 Å². The second-order valence-electron chi connectivity index (χ2n) is 6.94. The third-order valence-corrected chi connectivity index (χ3v) is 4.29. The topological polar surface area (TPSA) is 109 Å². The highest BCUT2D eigenvalue weighted by molar-refractivity contribution is 5.59. The van der Waals surface area contributed by atoms with Crippen molar-refractivity contribution in [3.63, 3.8) is 0 Å². The number of anilines is 3. The van der Waals surface area contributed by atoms with E-state index in [1.807, 2.05) is 0 Å². The molecular formula is C19H17F6N7O. The Morgan fingerprint density at radius 3 is 2.15 bits per heavy atom. The molecule has 0 spiro atoms. The first-order chi connectivity index (χ1) is 15.3. The minimum Gasteiger partial charge on any atom is -0.391 e. The van der Waals surface area contributed by atoms with Gasteiger partial charge in [-0.05, 0) is 38.1 Å². The molecular weight excluding hydrogens is 456 g/mol. The zero-order valence-electron chi connectivity index (χ0n) is 17.1. The zero-order chi connectivity index (χ0) is 24.4. The molecule has 176 valence electrons. The van der Waals surface area contributed by atoms with Crippen molar-refractivity contribution in [2.24, 2.45) is 0 Å². The van der Waals surface area contributed by atoms with Crippen LogP contribution in [0.15, 0.2) is 36.5 Å². The van der Waals surface area contributed by atoms with Gasteiger partial charge in [0.2, 0.25) is 11.9 Å². The van der Waals surface area contributed by atoms with Gasteiger partial charge in [-0.2, -0.15) is 41.3 Å². The largest absolute Gasteiger partial charge is 0.433 e. The van der Waals surface area contributed by atoms with Crippen molar-refractivity contribution in [1.29, 1.82) is 0 Å². The van der Waals surface area contributed by atoms with Gasteiger partial charge < -0.3 is 15.7 Å². The molecule has 3 rings (SSSR count). The van der Waals surface area contributed by atoms with Crippen molar-refractivity contribution in [2.75, 3.05) is 10.6 Å². The van der Waals surface area contributed by atoms with Crippen LogP contribution in [0.2, 0.25) is 0 Å². The molecule has 3 aromatic rings.